The fourth-order valence-corrected chi connectivity index (χ4v) is 1.45. The van der Waals surface area contributed by atoms with Gasteiger partial charge in [0.25, 0.3) is 0 Å². The predicted molar refractivity (Wildman–Crippen MR) is 69.6 cm³/mol. The quantitative estimate of drug-likeness (QED) is 0.294. The highest BCUT2D eigenvalue weighted by atomic mass is 16.5. The summed E-state index contributed by atoms with van der Waals surface area (Å²) in [5.74, 6) is 5.14. The number of carbonyl (C=O) groups excluding carboxylic acids is 1. The van der Waals surface area contributed by atoms with E-state index in [1.807, 2.05) is 6.07 Å². The SMILES string of the molecule is NN=Cc1ccc(OC(=O)c2ccccc2)cc1. The summed E-state index contributed by atoms with van der Waals surface area (Å²) in [5, 5.41) is 3.41. The molecule has 90 valence electrons. The summed E-state index contributed by atoms with van der Waals surface area (Å²) >= 11 is 0. The molecule has 2 aromatic carbocycles. The van der Waals surface area contributed by atoms with E-state index in [1.165, 1.54) is 6.21 Å². The van der Waals surface area contributed by atoms with Crippen molar-refractivity contribution in [2.24, 2.45) is 10.9 Å². The van der Waals surface area contributed by atoms with Crippen LogP contribution in [0.4, 0.5) is 0 Å². The van der Waals surface area contributed by atoms with Crippen molar-refractivity contribution < 1.29 is 9.53 Å². The van der Waals surface area contributed by atoms with Crippen molar-refractivity contribution >= 4 is 12.2 Å². The van der Waals surface area contributed by atoms with Crippen LogP contribution in [0.25, 0.3) is 0 Å². The Kier molecular flexibility index (Phi) is 3.71. The molecule has 4 heteroatoms. The van der Waals surface area contributed by atoms with Crippen LogP contribution in [0.5, 0.6) is 5.75 Å². The number of benzene rings is 2. The Morgan fingerprint density at radius 2 is 1.72 bits per heavy atom. The van der Waals surface area contributed by atoms with Gasteiger partial charge in [-0.25, -0.2) is 4.79 Å². The van der Waals surface area contributed by atoms with Crippen molar-refractivity contribution in [2.75, 3.05) is 0 Å². The summed E-state index contributed by atoms with van der Waals surface area (Å²) in [5.41, 5.74) is 1.36. The van der Waals surface area contributed by atoms with Crippen LogP contribution in [0.3, 0.4) is 0 Å². The molecule has 0 aliphatic rings. The number of rotatable bonds is 3. The van der Waals surface area contributed by atoms with Crippen LogP contribution in [0, 0.1) is 0 Å². The molecule has 0 unspecified atom stereocenters. The number of esters is 1. The molecule has 2 aromatic rings. The summed E-state index contributed by atoms with van der Waals surface area (Å²) in [6.07, 6.45) is 1.52. The average molecular weight is 240 g/mol. The molecule has 0 fully saturated rings. The van der Waals surface area contributed by atoms with Gasteiger partial charge in [0.1, 0.15) is 5.75 Å². The predicted octanol–water partition coefficient (Wildman–Crippen LogP) is 2.20. The lowest BCUT2D eigenvalue weighted by molar-refractivity contribution is 0.0735. The third-order valence-corrected chi connectivity index (χ3v) is 2.32. The molecular weight excluding hydrogens is 228 g/mol. The zero-order chi connectivity index (χ0) is 12.8. The molecule has 0 radical (unpaired) electrons. The molecule has 0 saturated carbocycles. The minimum Gasteiger partial charge on any atom is -0.423 e. The molecule has 0 bridgehead atoms. The van der Waals surface area contributed by atoms with E-state index in [2.05, 4.69) is 5.10 Å². The Morgan fingerprint density at radius 3 is 2.33 bits per heavy atom. The van der Waals surface area contributed by atoms with Crippen LogP contribution in [-0.4, -0.2) is 12.2 Å². The standard InChI is InChI=1S/C14H12N2O2/c15-16-10-11-6-8-13(9-7-11)18-14(17)12-4-2-1-3-5-12/h1-10H,15H2. The molecule has 2 N–H and O–H groups in total. The van der Waals surface area contributed by atoms with Crippen LogP contribution in [0.1, 0.15) is 15.9 Å². The molecular formula is C14H12N2O2. The molecule has 0 saturated heterocycles. The van der Waals surface area contributed by atoms with E-state index in [0.717, 1.165) is 5.56 Å². The first-order valence-electron chi connectivity index (χ1n) is 5.40. The minimum atomic E-state index is -0.379. The van der Waals surface area contributed by atoms with Crippen molar-refractivity contribution in [3.63, 3.8) is 0 Å². The van der Waals surface area contributed by atoms with Gasteiger partial charge in [0.05, 0.1) is 11.8 Å². The van der Waals surface area contributed by atoms with Gasteiger partial charge in [0.15, 0.2) is 0 Å². The number of hydrazone groups is 1. The second kappa shape index (κ2) is 5.63. The number of carbonyl (C=O) groups is 1. The van der Waals surface area contributed by atoms with Crippen LogP contribution < -0.4 is 10.6 Å². The zero-order valence-corrected chi connectivity index (χ0v) is 9.61. The summed E-state index contributed by atoms with van der Waals surface area (Å²) in [6.45, 7) is 0. The second-order valence-corrected chi connectivity index (χ2v) is 3.60. The Balaban J connectivity index is 2.08. The molecule has 0 aliphatic carbocycles. The summed E-state index contributed by atoms with van der Waals surface area (Å²) in [4.78, 5) is 11.8. The highest BCUT2D eigenvalue weighted by molar-refractivity contribution is 5.91. The van der Waals surface area contributed by atoms with Crippen molar-refractivity contribution in [1.29, 1.82) is 0 Å². The van der Waals surface area contributed by atoms with Gasteiger partial charge in [-0.05, 0) is 42.0 Å². The number of nitrogens with zero attached hydrogens (tertiary/aromatic N) is 1. The van der Waals surface area contributed by atoms with E-state index in [-0.39, 0.29) is 5.97 Å². The normalized spacial score (nSPS) is 10.4. The fourth-order valence-electron chi connectivity index (χ4n) is 1.45. The maximum absolute atomic E-state index is 11.8. The third kappa shape index (κ3) is 2.95. The summed E-state index contributed by atoms with van der Waals surface area (Å²) in [6, 6.07) is 15.8. The monoisotopic (exact) mass is 240 g/mol. The second-order valence-electron chi connectivity index (χ2n) is 3.60. The van der Waals surface area contributed by atoms with E-state index in [0.29, 0.717) is 11.3 Å². The molecule has 0 aromatic heterocycles. The molecule has 0 spiro atoms. The van der Waals surface area contributed by atoms with Crippen LogP contribution in [0.15, 0.2) is 59.7 Å². The van der Waals surface area contributed by atoms with Crippen molar-refractivity contribution in [2.45, 2.75) is 0 Å². The first-order chi connectivity index (χ1) is 8.79. The van der Waals surface area contributed by atoms with E-state index < -0.39 is 0 Å². The first-order valence-corrected chi connectivity index (χ1v) is 5.40. The lowest BCUT2D eigenvalue weighted by Gasteiger charge is -2.04. The molecule has 18 heavy (non-hydrogen) atoms. The molecule has 0 atom stereocenters. The summed E-state index contributed by atoms with van der Waals surface area (Å²) in [7, 11) is 0. The highest BCUT2D eigenvalue weighted by Gasteiger charge is 2.06. The number of hydrogen-bond donors (Lipinski definition) is 1. The van der Waals surface area contributed by atoms with Crippen LogP contribution in [0.2, 0.25) is 0 Å². The van der Waals surface area contributed by atoms with Crippen molar-refractivity contribution in [3.8, 4) is 5.75 Å². The Bertz CT molecular complexity index is 548. The van der Waals surface area contributed by atoms with Gasteiger partial charge < -0.3 is 10.6 Å². The topological polar surface area (TPSA) is 64.7 Å². The molecule has 4 nitrogen and oxygen atoms in total. The van der Waals surface area contributed by atoms with Crippen molar-refractivity contribution in [3.05, 3.63) is 65.7 Å². The van der Waals surface area contributed by atoms with E-state index in [9.17, 15) is 4.79 Å². The largest absolute Gasteiger partial charge is 0.423 e. The minimum absolute atomic E-state index is 0.379. The van der Waals surface area contributed by atoms with Gasteiger partial charge in [-0.15, -0.1) is 0 Å². The smallest absolute Gasteiger partial charge is 0.343 e. The number of ether oxygens (including phenoxy) is 1. The summed E-state index contributed by atoms with van der Waals surface area (Å²) < 4.78 is 5.22. The van der Waals surface area contributed by atoms with Gasteiger partial charge in [-0.1, -0.05) is 18.2 Å². The number of hydrogen-bond acceptors (Lipinski definition) is 4. The highest BCUT2D eigenvalue weighted by Crippen LogP contribution is 2.13. The van der Waals surface area contributed by atoms with Gasteiger partial charge in [0, 0.05) is 0 Å². The fraction of sp³-hybridized carbons (Fsp3) is 0. The van der Waals surface area contributed by atoms with E-state index >= 15 is 0 Å². The third-order valence-electron chi connectivity index (χ3n) is 2.32. The lowest BCUT2D eigenvalue weighted by atomic mass is 10.2. The van der Waals surface area contributed by atoms with Crippen molar-refractivity contribution in [1.82, 2.24) is 0 Å². The van der Waals surface area contributed by atoms with Crippen LogP contribution >= 0.6 is 0 Å². The first kappa shape index (κ1) is 11.9. The van der Waals surface area contributed by atoms with Gasteiger partial charge in [-0.2, -0.15) is 5.10 Å². The molecule has 0 heterocycles. The van der Waals surface area contributed by atoms with E-state index in [4.69, 9.17) is 10.6 Å². The maximum atomic E-state index is 11.8. The Labute approximate surface area is 105 Å². The van der Waals surface area contributed by atoms with Gasteiger partial charge in [0.2, 0.25) is 0 Å². The Hall–Kier alpha value is -2.62. The zero-order valence-electron chi connectivity index (χ0n) is 9.61. The average Bonchev–Trinajstić information content (AvgIpc) is 2.42. The van der Waals surface area contributed by atoms with E-state index in [1.54, 1.807) is 48.5 Å². The maximum Gasteiger partial charge on any atom is 0.343 e. The Morgan fingerprint density at radius 1 is 1.06 bits per heavy atom. The molecule has 2 rings (SSSR count). The number of nitrogens with two attached hydrogens (primary N) is 1. The molecule has 0 aliphatic heterocycles. The van der Waals surface area contributed by atoms with Gasteiger partial charge in [-0.3, -0.25) is 0 Å². The van der Waals surface area contributed by atoms with Gasteiger partial charge >= 0.3 is 5.97 Å². The van der Waals surface area contributed by atoms with Crippen LogP contribution in [-0.2, 0) is 0 Å². The molecule has 0 amide bonds. The lowest BCUT2D eigenvalue weighted by Crippen LogP contribution is -2.08.